The number of aryl methyl sites for hydroxylation is 1. The number of hydrogen-bond acceptors (Lipinski definition) is 4. The van der Waals surface area contributed by atoms with Crippen molar-refractivity contribution < 1.29 is 4.79 Å². The molecule has 0 radical (unpaired) electrons. The molecular weight excluding hydrogens is 425 g/mol. The van der Waals surface area contributed by atoms with Crippen LogP contribution in [0.5, 0.6) is 0 Å². The smallest absolute Gasteiger partial charge is 0.268 e. The molecule has 1 unspecified atom stereocenters. The van der Waals surface area contributed by atoms with Crippen LogP contribution in [0.3, 0.4) is 0 Å². The summed E-state index contributed by atoms with van der Waals surface area (Å²) in [6.45, 7) is 6.86. The van der Waals surface area contributed by atoms with E-state index < -0.39 is 0 Å². The van der Waals surface area contributed by atoms with E-state index in [0.29, 0.717) is 32.2 Å². The summed E-state index contributed by atoms with van der Waals surface area (Å²) in [5, 5.41) is 4.40. The average Bonchev–Trinajstić information content (AvgIpc) is 2.98. The van der Waals surface area contributed by atoms with Gasteiger partial charge < -0.3 is 11.1 Å². The Balaban J connectivity index is 1.69. The predicted molar refractivity (Wildman–Crippen MR) is 123 cm³/mol. The van der Waals surface area contributed by atoms with E-state index in [-0.39, 0.29) is 11.3 Å². The Bertz CT molecular complexity index is 1100. The number of para-hydroxylation sites is 1. The van der Waals surface area contributed by atoms with Crippen molar-refractivity contribution >= 4 is 62.0 Å². The van der Waals surface area contributed by atoms with Crippen LogP contribution >= 0.6 is 34.5 Å². The van der Waals surface area contributed by atoms with Crippen LogP contribution in [0.25, 0.3) is 10.2 Å². The molecule has 1 aliphatic carbocycles. The normalized spacial score (nSPS) is 16.7. The van der Waals surface area contributed by atoms with Gasteiger partial charge in [-0.2, -0.15) is 0 Å². The number of amides is 1. The van der Waals surface area contributed by atoms with Crippen LogP contribution in [0.1, 0.15) is 48.1 Å². The number of nitrogens with one attached hydrogen (secondary N) is 1. The van der Waals surface area contributed by atoms with Crippen molar-refractivity contribution in [2.45, 2.75) is 40.0 Å². The van der Waals surface area contributed by atoms with Gasteiger partial charge in [-0.1, -0.05) is 50.0 Å². The van der Waals surface area contributed by atoms with Crippen molar-refractivity contribution in [1.82, 2.24) is 4.98 Å². The molecule has 7 heteroatoms. The molecule has 0 saturated carbocycles. The van der Waals surface area contributed by atoms with Crippen LogP contribution < -0.4 is 11.1 Å². The molecule has 1 amide bonds. The minimum Gasteiger partial charge on any atom is -0.397 e. The van der Waals surface area contributed by atoms with Crippen LogP contribution in [0.2, 0.25) is 10.0 Å². The second kappa shape index (κ2) is 7.46. The molecule has 3 N–H and O–H groups in total. The highest BCUT2D eigenvalue weighted by atomic mass is 35.5. The summed E-state index contributed by atoms with van der Waals surface area (Å²) in [4.78, 5) is 19.0. The third kappa shape index (κ3) is 3.83. The monoisotopic (exact) mass is 447 g/mol. The van der Waals surface area contributed by atoms with Crippen molar-refractivity contribution in [2.24, 2.45) is 11.3 Å². The number of fused-ring (bicyclic) bond motifs is 2. The van der Waals surface area contributed by atoms with Crippen LogP contribution in [0.4, 0.5) is 11.4 Å². The number of carbonyl (C=O) groups excluding carboxylic acids is 1. The number of nitrogen functional groups attached to an aromatic ring is 1. The van der Waals surface area contributed by atoms with Crippen LogP contribution in [0, 0.1) is 11.3 Å². The summed E-state index contributed by atoms with van der Waals surface area (Å²) >= 11 is 13.7. The Hall–Kier alpha value is -1.82. The second-order valence-electron chi connectivity index (χ2n) is 8.65. The van der Waals surface area contributed by atoms with Crippen LogP contribution in [-0.2, 0) is 12.8 Å². The highest BCUT2D eigenvalue weighted by molar-refractivity contribution is 7.21. The van der Waals surface area contributed by atoms with Crippen molar-refractivity contribution in [1.29, 1.82) is 0 Å². The number of halogens is 2. The molecule has 1 aliphatic rings. The van der Waals surface area contributed by atoms with Gasteiger partial charge >= 0.3 is 0 Å². The fraction of sp³-hybridized carbons (Fsp3) is 0.364. The van der Waals surface area contributed by atoms with E-state index in [4.69, 9.17) is 33.9 Å². The third-order valence-electron chi connectivity index (χ3n) is 5.72. The fourth-order valence-electron chi connectivity index (χ4n) is 3.89. The molecule has 29 heavy (non-hydrogen) atoms. The maximum Gasteiger partial charge on any atom is 0.268 e. The summed E-state index contributed by atoms with van der Waals surface area (Å²) in [5.41, 5.74) is 9.84. The lowest BCUT2D eigenvalue weighted by Gasteiger charge is -2.34. The summed E-state index contributed by atoms with van der Waals surface area (Å²) in [6, 6.07) is 7.21. The van der Waals surface area contributed by atoms with E-state index >= 15 is 0 Å². The number of pyridine rings is 1. The highest BCUT2D eigenvalue weighted by Crippen LogP contribution is 2.41. The number of benzene rings is 1. The van der Waals surface area contributed by atoms with E-state index in [0.717, 1.165) is 35.2 Å². The van der Waals surface area contributed by atoms with Crippen molar-refractivity contribution in [3.05, 3.63) is 50.4 Å². The van der Waals surface area contributed by atoms with Crippen molar-refractivity contribution in [3.63, 3.8) is 0 Å². The fourth-order valence-corrected chi connectivity index (χ4v) is 5.37. The lowest BCUT2D eigenvalue weighted by Crippen LogP contribution is -2.27. The largest absolute Gasteiger partial charge is 0.397 e. The van der Waals surface area contributed by atoms with Gasteiger partial charge in [0.05, 0.1) is 21.4 Å². The van der Waals surface area contributed by atoms with E-state index in [1.807, 2.05) is 0 Å². The second-order valence-corrected chi connectivity index (χ2v) is 10.5. The first-order chi connectivity index (χ1) is 13.6. The lowest BCUT2D eigenvalue weighted by molar-refractivity contribution is 0.103. The summed E-state index contributed by atoms with van der Waals surface area (Å²) in [7, 11) is 0. The van der Waals surface area contributed by atoms with Gasteiger partial charge in [0.25, 0.3) is 5.91 Å². The zero-order valence-corrected chi connectivity index (χ0v) is 18.9. The molecule has 0 aliphatic heterocycles. The molecule has 4 nitrogen and oxygen atoms in total. The topological polar surface area (TPSA) is 68.0 Å². The van der Waals surface area contributed by atoms with Crippen LogP contribution in [0.15, 0.2) is 24.3 Å². The summed E-state index contributed by atoms with van der Waals surface area (Å²) in [6.07, 6.45) is 3.09. The molecule has 0 fully saturated rings. The maximum atomic E-state index is 12.9. The number of hydrogen-bond donors (Lipinski definition) is 2. The molecule has 4 rings (SSSR count). The first-order valence-corrected chi connectivity index (χ1v) is 11.2. The third-order valence-corrected chi connectivity index (χ3v) is 7.46. The van der Waals surface area contributed by atoms with Gasteiger partial charge in [0, 0.05) is 11.1 Å². The zero-order chi connectivity index (χ0) is 20.9. The Labute approximate surface area is 184 Å². The van der Waals surface area contributed by atoms with E-state index in [9.17, 15) is 4.79 Å². The quantitative estimate of drug-likeness (QED) is 0.465. The minimum absolute atomic E-state index is 0.256. The molecule has 152 valence electrons. The van der Waals surface area contributed by atoms with E-state index in [1.54, 1.807) is 18.2 Å². The lowest BCUT2D eigenvalue weighted by atomic mass is 9.71. The summed E-state index contributed by atoms with van der Waals surface area (Å²) in [5.74, 6) is 0.283. The zero-order valence-electron chi connectivity index (χ0n) is 16.6. The van der Waals surface area contributed by atoms with Crippen molar-refractivity contribution in [3.8, 4) is 0 Å². The molecule has 0 bridgehead atoms. The first kappa shape index (κ1) is 20.5. The molecule has 3 aromatic rings. The average molecular weight is 448 g/mol. The standard InChI is InChI=1S/C22H23Cl2N3OS/c1-22(2,3)12-7-8-16-11(9-12)10-13-17(25)19(29-21(13)26-16)20(28)27-18-14(23)5-4-6-15(18)24/h4-6,10,12H,7-9,25H2,1-3H3,(H,27,28). The van der Waals surface area contributed by atoms with Gasteiger partial charge in [0.15, 0.2) is 0 Å². The number of nitrogens with two attached hydrogens (primary N) is 1. The Kier molecular flexibility index (Phi) is 5.26. The van der Waals surface area contributed by atoms with Gasteiger partial charge in [-0.15, -0.1) is 11.3 Å². The molecular formula is C22H23Cl2N3OS. The number of carbonyl (C=O) groups is 1. The summed E-state index contributed by atoms with van der Waals surface area (Å²) < 4.78 is 0. The molecule has 1 atom stereocenters. The van der Waals surface area contributed by atoms with E-state index in [2.05, 4.69) is 32.2 Å². The molecule has 2 aromatic heterocycles. The number of rotatable bonds is 2. The highest BCUT2D eigenvalue weighted by Gasteiger charge is 2.30. The Morgan fingerprint density at radius 3 is 2.62 bits per heavy atom. The van der Waals surface area contributed by atoms with Gasteiger partial charge in [0.2, 0.25) is 0 Å². The predicted octanol–water partition coefficient (Wildman–Crippen LogP) is 6.59. The molecule has 1 aromatic carbocycles. The number of nitrogens with zero attached hydrogens (tertiary/aromatic N) is 1. The van der Waals surface area contributed by atoms with Crippen LogP contribution in [-0.4, -0.2) is 10.9 Å². The molecule has 2 heterocycles. The van der Waals surface area contributed by atoms with Gasteiger partial charge in [-0.3, -0.25) is 4.79 Å². The minimum atomic E-state index is -0.328. The molecule has 0 spiro atoms. The number of aromatic nitrogens is 1. The van der Waals surface area contributed by atoms with Crippen molar-refractivity contribution in [2.75, 3.05) is 11.1 Å². The SMILES string of the molecule is CC(C)(C)C1CCc2nc3sc(C(=O)Nc4c(Cl)cccc4Cl)c(N)c3cc2C1. The molecule has 0 saturated heterocycles. The number of anilines is 2. The Morgan fingerprint density at radius 2 is 1.97 bits per heavy atom. The first-order valence-electron chi connectivity index (χ1n) is 9.61. The van der Waals surface area contributed by atoms with E-state index in [1.165, 1.54) is 16.9 Å². The van der Waals surface area contributed by atoms with Gasteiger partial charge in [-0.25, -0.2) is 4.98 Å². The van der Waals surface area contributed by atoms with Gasteiger partial charge in [-0.05, 0) is 54.4 Å². The number of thiophene rings is 1. The van der Waals surface area contributed by atoms with Gasteiger partial charge in [0.1, 0.15) is 9.71 Å². The Morgan fingerprint density at radius 1 is 1.28 bits per heavy atom. The maximum absolute atomic E-state index is 12.9.